The zero-order chi connectivity index (χ0) is 15.7. The molecule has 0 bridgehead atoms. The number of unbranched alkanes of at least 4 members (excludes halogenated alkanes) is 2. The van der Waals surface area contributed by atoms with Crippen molar-refractivity contribution in [2.24, 2.45) is 0 Å². The zero-order valence-electron chi connectivity index (χ0n) is 12.4. The first-order chi connectivity index (χ1) is 10.0. The van der Waals surface area contributed by atoms with Crippen LogP contribution < -0.4 is 5.32 Å². The number of hydrogen-bond donors (Lipinski definition) is 1. The Morgan fingerprint density at radius 3 is 2.29 bits per heavy atom. The highest BCUT2D eigenvalue weighted by Gasteiger charge is 2.22. The van der Waals surface area contributed by atoms with Gasteiger partial charge in [0.1, 0.15) is 5.78 Å². The van der Waals surface area contributed by atoms with Gasteiger partial charge >= 0.3 is 0 Å². The number of amides is 3. The Balaban J connectivity index is 2.04. The molecule has 1 aliphatic rings. The zero-order valence-corrected chi connectivity index (χ0v) is 12.4. The van der Waals surface area contributed by atoms with Crippen LogP contribution in [-0.4, -0.2) is 41.5 Å². The molecule has 0 aromatic carbocycles. The summed E-state index contributed by atoms with van der Waals surface area (Å²) >= 11 is 0. The summed E-state index contributed by atoms with van der Waals surface area (Å²) in [4.78, 5) is 46.5. The summed E-state index contributed by atoms with van der Waals surface area (Å²) in [5.74, 6) is -0.545. The van der Waals surface area contributed by atoms with Crippen molar-refractivity contribution in [1.29, 1.82) is 0 Å². The number of Topliss-reactive ketones (excluding diaryl/α,β-unsaturated/α-hetero) is 1. The van der Waals surface area contributed by atoms with E-state index in [4.69, 9.17) is 0 Å². The molecule has 0 radical (unpaired) electrons. The predicted molar refractivity (Wildman–Crippen MR) is 77.3 cm³/mol. The van der Waals surface area contributed by atoms with E-state index in [9.17, 15) is 19.2 Å². The summed E-state index contributed by atoms with van der Waals surface area (Å²) in [5, 5.41) is 2.65. The number of ketones is 1. The van der Waals surface area contributed by atoms with Crippen LogP contribution in [0.3, 0.4) is 0 Å². The molecule has 0 atom stereocenters. The van der Waals surface area contributed by atoms with Crippen molar-refractivity contribution < 1.29 is 19.2 Å². The molecule has 3 amide bonds. The third-order valence-electron chi connectivity index (χ3n) is 3.24. The Hall–Kier alpha value is -1.98. The van der Waals surface area contributed by atoms with Crippen LogP contribution in [0.2, 0.25) is 0 Å². The lowest BCUT2D eigenvalue weighted by atomic mass is 10.1. The highest BCUT2D eigenvalue weighted by atomic mass is 16.2. The lowest BCUT2D eigenvalue weighted by Gasteiger charge is -2.12. The highest BCUT2D eigenvalue weighted by molar-refractivity contribution is 6.12. The minimum absolute atomic E-state index is 0.0799. The summed E-state index contributed by atoms with van der Waals surface area (Å²) in [6.45, 7) is 2.82. The van der Waals surface area contributed by atoms with Crippen molar-refractivity contribution in [2.75, 3.05) is 13.1 Å². The third kappa shape index (κ3) is 6.33. The normalized spacial score (nSPS) is 13.9. The summed E-state index contributed by atoms with van der Waals surface area (Å²) in [7, 11) is 0. The lowest BCUT2D eigenvalue weighted by molar-refractivity contribution is -0.137. The maximum absolute atomic E-state index is 11.6. The topological polar surface area (TPSA) is 83.6 Å². The molecule has 1 aliphatic heterocycles. The van der Waals surface area contributed by atoms with Crippen molar-refractivity contribution in [3.8, 4) is 0 Å². The summed E-state index contributed by atoms with van der Waals surface area (Å²) < 4.78 is 0. The van der Waals surface area contributed by atoms with E-state index < -0.39 is 0 Å². The minimum atomic E-state index is -0.266. The first kappa shape index (κ1) is 17.1. The largest absolute Gasteiger partial charge is 0.356 e. The summed E-state index contributed by atoms with van der Waals surface area (Å²) in [6, 6.07) is 0. The number of carbonyl (C=O) groups excluding carboxylic acids is 4. The van der Waals surface area contributed by atoms with Crippen LogP contribution >= 0.6 is 0 Å². The van der Waals surface area contributed by atoms with Gasteiger partial charge in [-0.1, -0.05) is 6.42 Å². The molecule has 0 unspecified atom stereocenters. The molecular weight excluding hydrogens is 272 g/mol. The van der Waals surface area contributed by atoms with Gasteiger partial charge in [-0.05, 0) is 19.8 Å². The molecule has 1 heterocycles. The highest BCUT2D eigenvalue weighted by Crippen LogP contribution is 2.08. The molecule has 1 rings (SSSR count). The molecule has 6 nitrogen and oxygen atoms in total. The van der Waals surface area contributed by atoms with Crippen LogP contribution in [0.5, 0.6) is 0 Å². The Morgan fingerprint density at radius 2 is 1.67 bits per heavy atom. The summed E-state index contributed by atoms with van der Waals surface area (Å²) in [6.07, 6.45) is 5.71. The minimum Gasteiger partial charge on any atom is -0.356 e. The quantitative estimate of drug-likeness (QED) is 0.480. The smallest absolute Gasteiger partial charge is 0.253 e. The maximum Gasteiger partial charge on any atom is 0.253 e. The van der Waals surface area contributed by atoms with Gasteiger partial charge in [0.15, 0.2) is 0 Å². The monoisotopic (exact) mass is 294 g/mol. The van der Waals surface area contributed by atoms with Gasteiger partial charge in [-0.15, -0.1) is 0 Å². The Bertz CT molecular complexity index is 425. The van der Waals surface area contributed by atoms with E-state index in [0.29, 0.717) is 25.9 Å². The van der Waals surface area contributed by atoms with E-state index in [2.05, 4.69) is 5.32 Å². The molecule has 6 heteroatoms. The number of carbonyl (C=O) groups is 4. The number of hydrogen-bond acceptors (Lipinski definition) is 4. The van der Waals surface area contributed by atoms with Gasteiger partial charge in [-0.2, -0.15) is 0 Å². The van der Waals surface area contributed by atoms with Crippen molar-refractivity contribution in [1.82, 2.24) is 10.2 Å². The number of rotatable bonds is 10. The average molecular weight is 294 g/mol. The van der Waals surface area contributed by atoms with Crippen LogP contribution in [0.4, 0.5) is 0 Å². The Morgan fingerprint density at radius 1 is 1.00 bits per heavy atom. The molecule has 0 saturated carbocycles. The SMILES string of the molecule is CCNC(=O)CCC(=O)CCCCCN1C(=O)C=CC1=O. The lowest BCUT2D eigenvalue weighted by Crippen LogP contribution is -2.30. The van der Waals surface area contributed by atoms with Gasteiger partial charge in [-0.25, -0.2) is 0 Å². The standard InChI is InChI=1S/C15H22N2O4/c1-2-16-13(19)8-7-12(18)6-4-3-5-11-17-14(20)9-10-15(17)21/h9-10H,2-8,11H2,1H3,(H,16,19). The third-order valence-corrected chi connectivity index (χ3v) is 3.24. The van der Waals surface area contributed by atoms with Gasteiger partial charge in [0.05, 0.1) is 0 Å². The molecular formula is C15H22N2O4. The van der Waals surface area contributed by atoms with Crippen LogP contribution in [0.15, 0.2) is 12.2 Å². The molecule has 0 saturated heterocycles. The molecule has 0 aromatic heterocycles. The number of nitrogens with zero attached hydrogens (tertiary/aromatic N) is 1. The molecule has 0 fully saturated rings. The van der Waals surface area contributed by atoms with E-state index in [1.165, 1.54) is 17.1 Å². The van der Waals surface area contributed by atoms with Crippen molar-refractivity contribution in [3.05, 3.63) is 12.2 Å². The molecule has 0 aliphatic carbocycles. The van der Waals surface area contributed by atoms with Crippen molar-refractivity contribution >= 4 is 23.5 Å². The number of nitrogens with one attached hydrogen (secondary N) is 1. The van der Waals surface area contributed by atoms with E-state index in [1.54, 1.807) is 0 Å². The van der Waals surface area contributed by atoms with E-state index in [-0.39, 0.29) is 36.3 Å². The second-order valence-electron chi connectivity index (χ2n) is 4.96. The van der Waals surface area contributed by atoms with E-state index in [1.807, 2.05) is 6.92 Å². The van der Waals surface area contributed by atoms with Gasteiger partial charge in [0.25, 0.3) is 11.8 Å². The fourth-order valence-electron chi connectivity index (χ4n) is 2.08. The second-order valence-corrected chi connectivity index (χ2v) is 4.96. The Kier molecular flexibility index (Phi) is 7.36. The molecule has 0 spiro atoms. The second kappa shape index (κ2) is 9.05. The fraction of sp³-hybridized carbons (Fsp3) is 0.600. The first-order valence-corrected chi connectivity index (χ1v) is 7.36. The van der Waals surface area contributed by atoms with Crippen LogP contribution in [0.1, 0.15) is 45.4 Å². The van der Waals surface area contributed by atoms with Gasteiger partial charge in [0.2, 0.25) is 5.91 Å². The van der Waals surface area contributed by atoms with Crippen molar-refractivity contribution in [2.45, 2.75) is 45.4 Å². The van der Waals surface area contributed by atoms with E-state index in [0.717, 1.165) is 12.8 Å². The molecule has 0 aromatic rings. The summed E-state index contributed by atoms with van der Waals surface area (Å²) in [5.41, 5.74) is 0. The van der Waals surface area contributed by atoms with Gasteiger partial charge < -0.3 is 5.32 Å². The molecule has 1 N–H and O–H groups in total. The van der Waals surface area contributed by atoms with Gasteiger partial charge in [0, 0.05) is 44.5 Å². The first-order valence-electron chi connectivity index (χ1n) is 7.36. The molecule has 116 valence electrons. The van der Waals surface area contributed by atoms with Crippen molar-refractivity contribution in [3.63, 3.8) is 0 Å². The van der Waals surface area contributed by atoms with Crippen LogP contribution in [-0.2, 0) is 19.2 Å². The predicted octanol–water partition coefficient (Wildman–Crippen LogP) is 0.957. The van der Waals surface area contributed by atoms with Gasteiger partial charge in [-0.3, -0.25) is 24.1 Å². The fourth-order valence-corrected chi connectivity index (χ4v) is 2.08. The van der Waals surface area contributed by atoms with Crippen LogP contribution in [0, 0.1) is 0 Å². The number of imide groups is 1. The maximum atomic E-state index is 11.6. The Labute approximate surface area is 124 Å². The average Bonchev–Trinajstić information content (AvgIpc) is 2.76. The van der Waals surface area contributed by atoms with E-state index >= 15 is 0 Å². The van der Waals surface area contributed by atoms with Crippen LogP contribution in [0.25, 0.3) is 0 Å². The molecule has 21 heavy (non-hydrogen) atoms.